The van der Waals surface area contributed by atoms with Gasteiger partial charge in [-0.3, -0.25) is 0 Å². The summed E-state index contributed by atoms with van der Waals surface area (Å²) in [6.07, 6.45) is 2.35. The summed E-state index contributed by atoms with van der Waals surface area (Å²) in [5, 5.41) is 0. The first-order valence-corrected chi connectivity index (χ1v) is 22.4. The lowest BCUT2D eigenvalue weighted by molar-refractivity contribution is 0.332. The molecule has 0 radical (unpaired) electrons. The third-order valence-corrected chi connectivity index (χ3v) is 14.2. The molecule has 0 bridgehead atoms. The van der Waals surface area contributed by atoms with Crippen LogP contribution in [0.3, 0.4) is 0 Å². The van der Waals surface area contributed by atoms with Crippen molar-refractivity contribution in [3.8, 4) is 11.1 Å². The maximum atomic E-state index is 2.67. The summed E-state index contributed by atoms with van der Waals surface area (Å²) < 4.78 is 0. The topological polar surface area (TPSA) is 6.48 Å². The van der Waals surface area contributed by atoms with Crippen molar-refractivity contribution in [3.63, 3.8) is 0 Å². The molecule has 3 aliphatic rings. The van der Waals surface area contributed by atoms with E-state index in [-0.39, 0.29) is 33.8 Å². The van der Waals surface area contributed by atoms with E-state index in [1.54, 1.807) is 0 Å². The smallest absolute Gasteiger partial charge is 0.252 e. The normalized spacial score (nSPS) is 16.5. The molecule has 0 fully saturated rings. The van der Waals surface area contributed by atoms with Gasteiger partial charge in [-0.1, -0.05) is 157 Å². The minimum Gasteiger partial charge on any atom is -0.311 e. The molecular formula is C57H65BN2. The summed E-state index contributed by atoms with van der Waals surface area (Å²) in [5.41, 5.74) is 22.8. The van der Waals surface area contributed by atoms with Crippen LogP contribution >= 0.6 is 0 Å². The zero-order valence-corrected chi connectivity index (χ0v) is 38.9. The predicted molar refractivity (Wildman–Crippen MR) is 262 cm³/mol. The molecule has 2 aliphatic heterocycles. The van der Waals surface area contributed by atoms with Crippen molar-refractivity contribution < 1.29 is 0 Å². The van der Waals surface area contributed by atoms with Crippen LogP contribution in [0, 0.1) is 6.92 Å². The van der Waals surface area contributed by atoms with Crippen molar-refractivity contribution in [2.24, 2.45) is 0 Å². The molecule has 0 unspecified atom stereocenters. The first-order chi connectivity index (χ1) is 28.0. The molecule has 0 saturated carbocycles. The van der Waals surface area contributed by atoms with Crippen molar-refractivity contribution >= 4 is 57.2 Å². The molecular weight excluding hydrogens is 723 g/mol. The van der Waals surface area contributed by atoms with E-state index in [1.807, 2.05) is 0 Å². The molecule has 3 heteroatoms. The summed E-state index contributed by atoms with van der Waals surface area (Å²) in [6.45, 7) is 33.2. The largest absolute Gasteiger partial charge is 0.311 e. The number of anilines is 6. The first-order valence-electron chi connectivity index (χ1n) is 22.4. The molecule has 2 nitrogen and oxygen atoms in total. The highest BCUT2D eigenvalue weighted by Gasteiger charge is 2.47. The Labute approximate surface area is 362 Å². The number of fused-ring (bicyclic) bond motifs is 5. The van der Waals surface area contributed by atoms with Gasteiger partial charge in [0.1, 0.15) is 0 Å². The molecule has 0 aromatic heterocycles. The Morgan fingerprint density at radius 3 is 1.55 bits per heavy atom. The van der Waals surface area contributed by atoms with Crippen LogP contribution in [0.15, 0.2) is 115 Å². The number of hydrogen-bond donors (Lipinski definition) is 0. The third-order valence-electron chi connectivity index (χ3n) is 14.2. The zero-order chi connectivity index (χ0) is 42.9. The van der Waals surface area contributed by atoms with Crippen molar-refractivity contribution in [2.75, 3.05) is 9.80 Å². The molecule has 0 saturated heterocycles. The second-order valence-electron chi connectivity index (χ2n) is 22.7. The van der Waals surface area contributed by atoms with Gasteiger partial charge in [0.2, 0.25) is 0 Å². The summed E-state index contributed by atoms with van der Waals surface area (Å²) in [6, 6.07) is 45.4. The van der Waals surface area contributed by atoms with Gasteiger partial charge in [-0.25, -0.2) is 0 Å². The SMILES string of the molecule is Cc1cc2c3c(c1)N(c1ccc(C(C)(C)C)cc1-c1ccccc1)c1cc4c(cc1B3c1cc(C(C)(C)C)ccc1N2c1ccc(C(C)(C)C)cc1)C(C)(C)CCC4(C)C. The van der Waals surface area contributed by atoms with Crippen LogP contribution in [0.4, 0.5) is 34.1 Å². The van der Waals surface area contributed by atoms with Crippen LogP contribution < -0.4 is 26.2 Å². The van der Waals surface area contributed by atoms with Crippen molar-refractivity contribution in [1.82, 2.24) is 0 Å². The molecule has 0 N–H and O–H groups in total. The van der Waals surface area contributed by atoms with Gasteiger partial charge in [0.15, 0.2) is 0 Å². The second kappa shape index (κ2) is 13.5. The molecule has 60 heavy (non-hydrogen) atoms. The summed E-state index contributed by atoms with van der Waals surface area (Å²) in [4.78, 5) is 5.25. The lowest BCUT2D eigenvalue weighted by Gasteiger charge is -2.48. The number of hydrogen-bond acceptors (Lipinski definition) is 2. The number of rotatable bonds is 3. The van der Waals surface area contributed by atoms with E-state index in [1.165, 1.54) is 108 Å². The van der Waals surface area contributed by atoms with Crippen LogP contribution in [-0.2, 0) is 27.1 Å². The van der Waals surface area contributed by atoms with Crippen LogP contribution in [-0.4, -0.2) is 6.71 Å². The summed E-state index contributed by atoms with van der Waals surface area (Å²) in [5.74, 6) is 0. The fourth-order valence-corrected chi connectivity index (χ4v) is 10.4. The lowest BCUT2D eigenvalue weighted by Crippen LogP contribution is -2.62. The van der Waals surface area contributed by atoms with Gasteiger partial charge >= 0.3 is 0 Å². The standard InChI is InChI=1S/C57H65BN2/c1-36-30-50-52-51(31-36)60(47-26-22-39(54(5,6)7)32-42(47)37-18-16-15-17-19-37)49-35-44-43(56(11,12)28-29-57(44,13)14)34-46(49)58(52)45-33-40(55(8,9)10)23-27-48(45)59(50)41-24-20-38(21-25-41)53(2,3)4/h15-27,30-35H,28-29H2,1-14H3. The lowest BCUT2D eigenvalue weighted by atomic mass is 9.33. The monoisotopic (exact) mass is 789 g/mol. The number of benzene rings is 6. The Bertz CT molecular complexity index is 2660. The van der Waals surface area contributed by atoms with Crippen LogP contribution in [0.1, 0.15) is 136 Å². The first kappa shape index (κ1) is 40.4. The molecule has 0 spiro atoms. The molecule has 6 aromatic carbocycles. The Hall–Kier alpha value is -5.02. The predicted octanol–water partition coefficient (Wildman–Crippen LogP) is 14.0. The summed E-state index contributed by atoms with van der Waals surface area (Å²) in [7, 11) is 0. The van der Waals surface area contributed by atoms with Gasteiger partial charge in [0, 0.05) is 34.0 Å². The van der Waals surface area contributed by atoms with Crippen LogP contribution in [0.2, 0.25) is 0 Å². The van der Waals surface area contributed by atoms with Gasteiger partial charge in [-0.2, -0.15) is 0 Å². The minimum absolute atomic E-state index is 0.00164. The molecule has 6 aromatic rings. The van der Waals surface area contributed by atoms with Gasteiger partial charge in [0.05, 0.1) is 5.69 Å². The molecule has 1 aliphatic carbocycles. The number of aryl methyl sites for hydroxylation is 1. The molecule has 0 amide bonds. The quantitative estimate of drug-likeness (QED) is 0.165. The van der Waals surface area contributed by atoms with Crippen molar-refractivity contribution in [2.45, 2.75) is 137 Å². The van der Waals surface area contributed by atoms with E-state index in [0.717, 1.165) is 0 Å². The van der Waals surface area contributed by atoms with E-state index in [4.69, 9.17) is 0 Å². The molecule has 9 rings (SSSR count). The van der Waals surface area contributed by atoms with Gasteiger partial charge in [0.25, 0.3) is 6.71 Å². The third kappa shape index (κ3) is 6.54. The van der Waals surface area contributed by atoms with E-state index >= 15 is 0 Å². The number of nitrogens with zero attached hydrogens (tertiary/aromatic N) is 2. The fourth-order valence-electron chi connectivity index (χ4n) is 10.4. The zero-order valence-electron chi connectivity index (χ0n) is 38.9. The molecule has 306 valence electrons. The van der Waals surface area contributed by atoms with Crippen molar-refractivity contribution in [3.05, 3.63) is 149 Å². The highest BCUT2D eigenvalue weighted by atomic mass is 15.2. The van der Waals surface area contributed by atoms with E-state index in [0.29, 0.717) is 0 Å². The van der Waals surface area contributed by atoms with Crippen LogP contribution in [0.25, 0.3) is 11.1 Å². The minimum atomic E-state index is -0.00458. The Balaban J connectivity index is 1.43. The summed E-state index contributed by atoms with van der Waals surface area (Å²) >= 11 is 0. The Kier molecular flexibility index (Phi) is 9.08. The van der Waals surface area contributed by atoms with Crippen molar-refractivity contribution in [1.29, 1.82) is 0 Å². The fraction of sp³-hybridized carbons (Fsp3) is 0.368. The molecule has 2 heterocycles. The highest BCUT2D eigenvalue weighted by molar-refractivity contribution is 7.00. The van der Waals surface area contributed by atoms with E-state index in [2.05, 4.69) is 222 Å². The van der Waals surface area contributed by atoms with Gasteiger partial charge in [-0.15, -0.1) is 0 Å². The van der Waals surface area contributed by atoms with Gasteiger partial charge < -0.3 is 9.80 Å². The average Bonchev–Trinajstić information content (AvgIpc) is 3.18. The van der Waals surface area contributed by atoms with E-state index in [9.17, 15) is 0 Å². The van der Waals surface area contributed by atoms with Gasteiger partial charge in [-0.05, 0) is 151 Å². The Morgan fingerprint density at radius 2 is 0.967 bits per heavy atom. The highest BCUT2D eigenvalue weighted by Crippen LogP contribution is 2.52. The molecule has 0 atom stereocenters. The Morgan fingerprint density at radius 1 is 0.467 bits per heavy atom. The van der Waals surface area contributed by atoms with E-state index < -0.39 is 0 Å². The maximum Gasteiger partial charge on any atom is 0.252 e. The average molecular weight is 789 g/mol. The second-order valence-corrected chi connectivity index (χ2v) is 22.7. The maximum absolute atomic E-state index is 2.67. The van der Waals surface area contributed by atoms with Crippen LogP contribution in [0.5, 0.6) is 0 Å².